The zero-order chi connectivity index (χ0) is 13.1. The molecule has 2 rings (SSSR count). The molecule has 0 radical (unpaired) electrons. The van der Waals surface area contributed by atoms with Gasteiger partial charge in [-0.3, -0.25) is 0 Å². The number of likely N-dealkylation sites (N-methyl/N-ethyl adjacent to an activating group) is 1. The summed E-state index contributed by atoms with van der Waals surface area (Å²) in [4.78, 5) is 13.9. The second-order valence-corrected chi connectivity index (χ2v) is 6.02. The van der Waals surface area contributed by atoms with E-state index in [4.69, 9.17) is 0 Å². The lowest BCUT2D eigenvalue weighted by molar-refractivity contribution is 0.360. The first-order valence-corrected chi connectivity index (χ1v) is 7.33. The SMILES string of the molecule is CC(C)c1nc(Br)cc(N2CCCN(C)CC2)n1. The fourth-order valence-electron chi connectivity index (χ4n) is 2.12. The highest BCUT2D eigenvalue weighted by Crippen LogP contribution is 2.21. The maximum atomic E-state index is 4.69. The van der Waals surface area contributed by atoms with Crippen molar-refractivity contribution in [1.29, 1.82) is 0 Å². The molecular weight excluding hydrogens is 292 g/mol. The Balaban J connectivity index is 2.21. The highest BCUT2D eigenvalue weighted by atomic mass is 79.9. The van der Waals surface area contributed by atoms with Gasteiger partial charge in [-0.15, -0.1) is 0 Å². The van der Waals surface area contributed by atoms with Crippen molar-refractivity contribution in [2.24, 2.45) is 0 Å². The molecule has 1 aromatic heterocycles. The highest BCUT2D eigenvalue weighted by Gasteiger charge is 2.16. The lowest BCUT2D eigenvalue weighted by Gasteiger charge is -2.22. The molecule has 0 saturated carbocycles. The van der Waals surface area contributed by atoms with Crippen LogP contribution in [-0.2, 0) is 0 Å². The summed E-state index contributed by atoms with van der Waals surface area (Å²) in [6.45, 7) is 8.63. The predicted molar refractivity (Wildman–Crippen MR) is 78.1 cm³/mol. The van der Waals surface area contributed by atoms with Crippen LogP contribution < -0.4 is 4.90 Å². The molecule has 1 saturated heterocycles. The van der Waals surface area contributed by atoms with Crippen molar-refractivity contribution < 1.29 is 0 Å². The first-order valence-electron chi connectivity index (χ1n) is 6.54. The van der Waals surface area contributed by atoms with Crippen LogP contribution in [0.5, 0.6) is 0 Å². The van der Waals surface area contributed by atoms with E-state index in [1.807, 2.05) is 6.07 Å². The van der Waals surface area contributed by atoms with Crippen LogP contribution >= 0.6 is 15.9 Å². The van der Waals surface area contributed by atoms with Crippen LogP contribution in [0.15, 0.2) is 10.7 Å². The van der Waals surface area contributed by atoms with Gasteiger partial charge in [-0.1, -0.05) is 13.8 Å². The number of halogens is 1. The van der Waals surface area contributed by atoms with Gasteiger partial charge in [0.15, 0.2) is 0 Å². The quantitative estimate of drug-likeness (QED) is 0.785. The standard InChI is InChI=1S/C13H21BrN4/c1-10(2)13-15-11(14)9-12(16-13)18-6-4-5-17(3)7-8-18/h9-10H,4-8H2,1-3H3. The molecule has 18 heavy (non-hydrogen) atoms. The molecule has 0 atom stereocenters. The lowest BCUT2D eigenvalue weighted by Crippen LogP contribution is -2.29. The Morgan fingerprint density at radius 2 is 1.94 bits per heavy atom. The highest BCUT2D eigenvalue weighted by molar-refractivity contribution is 9.10. The Morgan fingerprint density at radius 1 is 1.17 bits per heavy atom. The number of nitrogens with zero attached hydrogens (tertiary/aromatic N) is 4. The second kappa shape index (κ2) is 5.97. The van der Waals surface area contributed by atoms with Gasteiger partial charge in [0, 0.05) is 31.6 Å². The molecule has 2 heterocycles. The monoisotopic (exact) mass is 312 g/mol. The van der Waals surface area contributed by atoms with Gasteiger partial charge in [-0.2, -0.15) is 0 Å². The summed E-state index contributed by atoms with van der Waals surface area (Å²) in [5.74, 6) is 2.32. The number of hydrogen-bond donors (Lipinski definition) is 0. The van der Waals surface area contributed by atoms with Crippen molar-refractivity contribution in [2.45, 2.75) is 26.2 Å². The minimum absolute atomic E-state index is 0.357. The fraction of sp³-hybridized carbons (Fsp3) is 0.692. The van der Waals surface area contributed by atoms with E-state index in [1.165, 1.54) is 13.0 Å². The molecule has 1 aliphatic heterocycles. The van der Waals surface area contributed by atoms with Gasteiger partial charge in [-0.25, -0.2) is 9.97 Å². The Kier molecular flexibility index (Phi) is 4.56. The smallest absolute Gasteiger partial charge is 0.134 e. The summed E-state index contributed by atoms with van der Waals surface area (Å²) in [6, 6.07) is 2.02. The first kappa shape index (κ1) is 13.7. The molecule has 0 aliphatic carbocycles. The van der Waals surface area contributed by atoms with Crippen LogP contribution in [0.25, 0.3) is 0 Å². The summed E-state index contributed by atoms with van der Waals surface area (Å²) in [7, 11) is 2.18. The normalized spacial score (nSPS) is 18.2. The third-order valence-corrected chi connectivity index (χ3v) is 3.66. The second-order valence-electron chi connectivity index (χ2n) is 5.21. The fourth-order valence-corrected chi connectivity index (χ4v) is 2.51. The first-order chi connectivity index (χ1) is 8.56. The van der Waals surface area contributed by atoms with Crippen LogP contribution in [0.4, 0.5) is 5.82 Å². The average molecular weight is 313 g/mol. The van der Waals surface area contributed by atoms with E-state index in [2.05, 4.69) is 56.6 Å². The Hall–Kier alpha value is -0.680. The van der Waals surface area contributed by atoms with E-state index in [9.17, 15) is 0 Å². The molecule has 4 nitrogen and oxygen atoms in total. The van der Waals surface area contributed by atoms with Crippen LogP contribution in [-0.4, -0.2) is 48.1 Å². The van der Waals surface area contributed by atoms with E-state index in [1.54, 1.807) is 0 Å². The maximum absolute atomic E-state index is 4.69. The van der Waals surface area contributed by atoms with Crippen LogP contribution in [0.3, 0.4) is 0 Å². The van der Waals surface area contributed by atoms with Crippen LogP contribution in [0.2, 0.25) is 0 Å². The molecule has 1 aliphatic rings. The minimum atomic E-state index is 0.357. The van der Waals surface area contributed by atoms with Crippen molar-refractivity contribution in [2.75, 3.05) is 38.1 Å². The number of aromatic nitrogens is 2. The molecule has 0 aromatic carbocycles. The topological polar surface area (TPSA) is 32.3 Å². The van der Waals surface area contributed by atoms with Gasteiger partial charge in [0.2, 0.25) is 0 Å². The number of hydrogen-bond acceptors (Lipinski definition) is 4. The zero-order valence-corrected chi connectivity index (χ0v) is 12.9. The average Bonchev–Trinajstić information content (AvgIpc) is 2.53. The summed E-state index contributed by atoms with van der Waals surface area (Å²) < 4.78 is 0.883. The number of anilines is 1. The molecule has 0 amide bonds. The Morgan fingerprint density at radius 3 is 2.67 bits per heavy atom. The molecule has 0 N–H and O–H groups in total. The summed E-state index contributed by atoms with van der Waals surface area (Å²) >= 11 is 3.49. The summed E-state index contributed by atoms with van der Waals surface area (Å²) in [5.41, 5.74) is 0. The van der Waals surface area contributed by atoms with E-state index in [0.29, 0.717) is 5.92 Å². The molecular formula is C13H21BrN4. The van der Waals surface area contributed by atoms with Gasteiger partial charge >= 0.3 is 0 Å². The van der Waals surface area contributed by atoms with Crippen LogP contribution in [0, 0.1) is 0 Å². The van der Waals surface area contributed by atoms with Crippen molar-refractivity contribution in [3.05, 3.63) is 16.5 Å². The van der Waals surface area contributed by atoms with Crippen LogP contribution in [0.1, 0.15) is 32.0 Å². The van der Waals surface area contributed by atoms with Gasteiger partial charge < -0.3 is 9.80 Å². The van der Waals surface area contributed by atoms with E-state index >= 15 is 0 Å². The molecule has 5 heteroatoms. The molecule has 1 aromatic rings. The largest absolute Gasteiger partial charge is 0.355 e. The lowest BCUT2D eigenvalue weighted by atomic mass is 10.2. The Labute approximate surface area is 118 Å². The molecule has 0 spiro atoms. The summed E-state index contributed by atoms with van der Waals surface area (Å²) in [6.07, 6.45) is 1.19. The van der Waals surface area contributed by atoms with Gasteiger partial charge in [0.05, 0.1) is 0 Å². The third kappa shape index (κ3) is 3.42. The minimum Gasteiger partial charge on any atom is -0.355 e. The van der Waals surface area contributed by atoms with Crippen molar-refractivity contribution in [3.63, 3.8) is 0 Å². The maximum Gasteiger partial charge on any atom is 0.134 e. The molecule has 1 fully saturated rings. The summed E-state index contributed by atoms with van der Waals surface area (Å²) in [5, 5.41) is 0. The zero-order valence-electron chi connectivity index (χ0n) is 11.4. The van der Waals surface area contributed by atoms with E-state index in [0.717, 1.165) is 35.9 Å². The van der Waals surface area contributed by atoms with Gasteiger partial charge in [0.25, 0.3) is 0 Å². The molecule has 100 valence electrons. The molecule has 0 bridgehead atoms. The molecule has 0 unspecified atom stereocenters. The van der Waals surface area contributed by atoms with Crippen molar-refractivity contribution >= 4 is 21.7 Å². The van der Waals surface area contributed by atoms with Crippen molar-refractivity contribution in [3.8, 4) is 0 Å². The Bertz CT molecular complexity index is 408. The predicted octanol–water partition coefficient (Wildman–Crippen LogP) is 2.50. The van der Waals surface area contributed by atoms with Gasteiger partial charge in [-0.05, 0) is 35.9 Å². The van der Waals surface area contributed by atoms with Gasteiger partial charge in [0.1, 0.15) is 16.2 Å². The third-order valence-electron chi connectivity index (χ3n) is 3.26. The van der Waals surface area contributed by atoms with E-state index < -0.39 is 0 Å². The van der Waals surface area contributed by atoms with Crippen molar-refractivity contribution in [1.82, 2.24) is 14.9 Å². The number of rotatable bonds is 2. The van der Waals surface area contributed by atoms with E-state index in [-0.39, 0.29) is 0 Å².